The Morgan fingerprint density at radius 2 is 1.79 bits per heavy atom. The number of nitrogens with zero attached hydrogens (tertiary/aromatic N) is 3. The average Bonchev–Trinajstić information content (AvgIpc) is 3.63. The van der Waals surface area contributed by atoms with Crippen molar-refractivity contribution in [1.29, 1.82) is 0 Å². The number of carbonyl (C=O) groups excluding carboxylic acids is 1. The predicted octanol–water partition coefficient (Wildman–Crippen LogP) is 1.07. The summed E-state index contributed by atoms with van der Waals surface area (Å²) >= 11 is 0. The lowest BCUT2D eigenvalue weighted by Crippen LogP contribution is -2.51. The summed E-state index contributed by atoms with van der Waals surface area (Å²) in [5.74, 6) is 0.312. The largest absolute Gasteiger partial charge is 0.495 e. The van der Waals surface area contributed by atoms with Gasteiger partial charge in [0.15, 0.2) is 0 Å². The van der Waals surface area contributed by atoms with Crippen LogP contribution in [0.1, 0.15) is 12.8 Å². The van der Waals surface area contributed by atoms with E-state index in [0.717, 1.165) is 12.8 Å². The molecule has 11 nitrogen and oxygen atoms in total. The lowest BCUT2D eigenvalue weighted by molar-refractivity contribution is 0.184. The van der Waals surface area contributed by atoms with Crippen LogP contribution < -0.4 is 14.8 Å². The maximum atomic E-state index is 12.8. The third kappa shape index (κ3) is 5.27. The number of hydrogen-bond acceptors (Lipinski definition) is 7. The van der Waals surface area contributed by atoms with Gasteiger partial charge in [-0.1, -0.05) is 0 Å². The Morgan fingerprint density at radius 3 is 2.39 bits per heavy atom. The number of urea groups is 1. The molecule has 2 aliphatic rings. The van der Waals surface area contributed by atoms with Crippen LogP contribution in [0.5, 0.6) is 5.75 Å². The normalized spacial score (nSPS) is 17.5. The number of pyridine rings is 1. The summed E-state index contributed by atoms with van der Waals surface area (Å²) in [7, 11) is -5.97. The second-order valence-corrected chi connectivity index (χ2v) is 11.4. The number of amides is 2. The van der Waals surface area contributed by atoms with Gasteiger partial charge in [0.1, 0.15) is 10.6 Å². The molecule has 13 heteroatoms. The minimum absolute atomic E-state index is 0.0258. The maximum Gasteiger partial charge on any atom is 0.322 e. The number of anilines is 1. The average molecular weight is 496 g/mol. The van der Waals surface area contributed by atoms with E-state index in [-0.39, 0.29) is 47.7 Å². The third-order valence-electron chi connectivity index (χ3n) is 5.42. The number of ether oxygens (including phenoxy) is 1. The molecular formula is C20H25N5O6S2. The number of benzene rings is 1. The highest BCUT2D eigenvalue weighted by molar-refractivity contribution is 7.89. The molecule has 0 atom stereocenters. The zero-order valence-electron chi connectivity index (χ0n) is 18.0. The highest BCUT2D eigenvalue weighted by Gasteiger charge is 2.31. The molecule has 1 saturated carbocycles. The first kappa shape index (κ1) is 23.4. The van der Waals surface area contributed by atoms with Gasteiger partial charge in [0.05, 0.1) is 17.7 Å². The molecule has 0 bridgehead atoms. The molecule has 1 saturated heterocycles. The van der Waals surface area contributed by atoms with Crippen LogP contribution in [-0.2, 0) is 20.0 Å². The van der Waals surface area contributed by atoms with E-state index in [4.69, 9.17) is 4.74 Å². The van der Waals surface area contributed by atoms with Gasteiger partial charge < -0.3 is 15.0 Å². The first-order valence-corrected chi connectivity index (χ1v) is 13.3. The van der Waals surface area contributed by atoms with Gasteiger partial charge >= 0.3 is 6.03 Å². The Kier molecular flexibility index (Phi) is 6.56. The van der Waals surface area contributed by atoms with Crippen molar-refractivity contribution in [2.75, 3.05) is 38.6 Å². The number of carbonyl (C=O) groups is 1. The zero-order chi connectivity index (χ0) is 23.6. The summed E-state index contributed by atoms with van der Waals surface area (Å²) in [5.41, 5.74) is 0.214. The second-order valence-electron chi connectivity index (χ2n) is 7.77. The Morgan fingerprint density at radius 1 is 1.06 bits per heavy atom. The van der Waals surface area contributed by atoms with Crippen molar-refractivity contribution in [2.45, 2.75) is 28.7 Å². The molecule has 2 aromatic rings. The van der Waals surface area contributed by atoms with Crippen LogP contribution in [0.15, 0.2) is 52.5 Å². The molecule has 1 aliphatic carbocycles. The smallest absolute Gasteiger partial charge is 0.322 e. The molecule has 178 valence electrons. The van der Waals surface area contributed by atoms with Crippen LogP contribution in [0.4, 0.5) is 10.5 Å². The molecule has 4 rings (SSSR count). The van der Waals surface area contributed by atoms with Gasteiger partial charge in [0.2, 0.25) is 20.0 Å². The van der Waals surface area contributed by atoms with E-state index in [1.807, 2.05) is 0 Å². The Hall–Kier alpha value is -2.74. The summed E-state index contributed by atoms with van der Waals surface area (Å²) in [5, 5.41) is 2.69. The van der Waals surface area contributed by atoms with Crippen molar-refractivity contribution in [3.05, 3.63) is 42.7 Å². The van der Waals surface area contributed by atoms with Crippen LogP contribution in [0.25, 0.3) is 0 Å². The van der Waals surface area contributed by atoms with Gasteiger partial charge in [-0.2, -0.15) is 4.31 Å². The van der Waals surface area contributed by atoms with Crippen molar-refractivity contribution in [3.8, 4) is 5.75 Å². The predicted molar refractivity (Wildman–Crippen MR) is 120 cm³/mol. The summed E-state index contributed by atoms with van der Waals surface area (Å²) in [6.45, 7) is 0.604. The van der Waals surface area contributed by atoms with E-state index in [0.29, 0.717) is 5.75 Å². The van der Waals surface area contributed by atoms with Crippen LogP contribution in [-0.4, -0.2) is 76.4 Å². The molecule has 0 spiro atoms. The number of hydrogen-bond donors (Lipinski definition) is 2. The van der Waals surface area contributed by atoms with Crippen LogP contribution in [0.3, 0.4) is 0 Å². The molecule has 0 unspecified atom stereocenters. The van der Waals surface area contributed by atoms with E-state index in [2.05, 4.69) is 15.0 Å². The van der Waals surface area contributed by atoms with Gasteiger partial charge in [-0.3, -0.25) is 4.98 Å². The van der Waals surface area contributed by atoms with Gasteiger partial charge in [-0.25, -0.2) is 26.4 Å². The molecule has 2 fully saturated rings. The lowest BCUT2D eigenvalue weighted by Gasteiger charge is -2.34. The number of aromatic nitrogens is 1. The molecule has 0 radical (unpaired) electrons. The van der Waals surface area contributed by atoms with E-state index in [1.54, 1.807) is 6.07 Å². The number of sulfonamides is 2. The fraction of sp³-hybridized carbons (Fsp3) is 0.400. The van der Waals surface area contributed by atoms with E-state index in [1.165, 1.54) is 53.0 Å². The Balaban J connectivity index is 1.43. The first-order chi connectivity index (χ1) is 15.7. The van der Waals surface area contributed by atoms with Crippen LogP contribution in [0, 0.1) is 0 Å². The molecule has 1 aromatic carbocycles. The highest BCUT2D eigenvalue weighted by atomic mass is 32.2. The number of methoxy groups -OCH3 is 1. The summed E-state index contributed by atoms with van der Waals surface area (Å²) in [6.07, 6.45) is 4.40. The van der Waals surface area contributed by atoms with Gasteiger partial charge in [0.25, 0.3) is 0 Å². The SMILES string of the molecule is COc1ccc(S(=O)(=O)NC2CC2)cc1NC(=O)N1CCN(S(=O)(=O)c2cccnc2)CC1. The number of rotatable bonds is 7. The van der Waals surface area contributed by atoms with E-state index < -0.39 is 26.1 Å². The highest BCUT2D eigenvalue weighted by Crippen LogP contribution is 2.29. The topological polar surface area (TPSA) is 138 Å². The molecule has 2 amide bonds. The molecular weight excluding hydrogens is 470 g/mol. The van der Waals surface area contributed by atoms with E-state index in [9.17, 15) is 21.6 Å². The molecule has 2 N–H and O–H groups in total. The molecule has 1 aliphatic heterocycles. The van der Waals surface area contributed by atoms with Gasteiger partial charge in [-0.05, 0) is 43.2 Å². The van der Waals surface area contributed by atoms with Crippen molar-refractivity contribution < 1.29 is 26.4 Å². The maximum absolute atomic E-state index is 12.8. The fourth-order valence-electron chi connectivity index (χ4n) is 3.42. The van der Waals surface area contributed by atoms with Crippen molar-refractivity contribution in [1.82, 2.24) is 18.9 Å². The molecule has 1 aromatic heterocycles. The number of nitrogens with one attached hydrogen (secondary N) is 2. The fourth-order valence-corrected chi connectivity index (χ4v) is 6.13. The van der Waals surface area contributed by atoms with Gasteiger partial charge in [-0.15, -0.1) is 0 Å². The Labute approximate surface area is 192 Å². The minimum Gasteiger partial charge on any atom is -0.495 e. The minimum atomic E-state index is -3.70. The number of piperazine rings is 1. The summed E-state index contributed by atoms with van der Waals surface area (Å²) < 4.78 is 59.7. The second kappa shape index (κ2) is 9.25. The third-order valence-corrected chi connectivity index (χ3v) is 8.82. The molecule has 2 heterocycles. The first-order valence-electron chi connectivity index (χ1n) is 10.4. The van der Waals surface area contributed by atoms with Crippen molar-refractivity contribution in [2.24, 2.45) is 0 Å². The molecule has 33 heavy (non-hydrogen) atoms. The quantitative estimate of drug-likeness (QED) is 0.586. The van der Waals surface area contributed by atoms with E-state index >= 15 is 0 Å². The standard InChI is InChI=1S/C20H25N5O6S2/c1-31-19-7-6-16(32(27,28)23-15-4-5-15)13-18(19)22-20(26)24-9-11-25(12-10-24)33(29,30)17-3-2-8-21-14-17/h2-3,6-8,13-15,23H,4-5,9-12H2,1H3,(H,22,26). The van der Waals surface area contributed by atoms with Gasteiger partial charge in [0, 0.05) is 44.6 Å². The van der Waals surface area contributed by atoms with Crippen LogP contribution >= 0.6 is 0 Å². The van der Waals surface area contributed by atoms with Crippen molar-refractivity contribution in [3.63, 3.8) is 0 Å². The van der Waals surface area contributed by atoms with Crippen molar-refractivity contribution >= 4 is 31.8 Å². The summed E-state index contributed by atoms with van der Waals surface area (Å²) in [6, 6.07) is 6.76. The zero-order valence-corrected chi connectivity index (χ0v) is 19.6. The van der Waals surface area contributed by atoms with Crippen LogP contribution in [0.2, 0.25) is 0 Å². The monoisotopic (exact) mass is 495 g/mol. The lowest BCUT2D eigenvalue weighted by atomic mass is 10.3. The Bertz CT molecular complexity index is 1220. The summed E-state index contributed by atoms with van der Waals surface area (Å²) in [4.78, 5) is 18.3.